The Balaban J connectivity index is 1.78. The van der Waals surface area contributed by atoms with Gasteiger partial charge in [0.2, 0.25) is 5.91 Å². The molecule has 0 aliphatic heterocycles. The summed E-state index contributed by atoms with van der Waals surface area (Å²) in [5.41, 5.74) is 0.718. The summed E-state index contributed by atoms with van der Waals surface area (Å²) >= 11 is 2.37. The monoisotopic (exact) mass is 489 g/mol. The second-order valence-electron chi connectivity index (χ2n) is 6.52. The van der Waals surface area contributed by atoms with Crippen molar-refractivity contribution in [1.29, 1.82) is 0 Å². The van der Waals surface area contributed by atoms with Gasteiger partial charge >= 0.3 is 0 Å². The molecule has 10 nitrogen and oxygen atoms in total. The fourth-order valence-electron chi connectivity index (χ4n) is 2.66. The lowest BCUT2D eigenvalue weighted by Crippen LogP contribution is -2.18. The first-order valence-electron chi connectivity index (χ1n) is 10.1. The van der Waals surface area contributed by atoms with Crippen LogP contribution in [0.4, 0.5) is 11.4 Å². The molecule has 0 aliphatic rings. The number of thiophene rings is 1. The molecule has 0 aliphatic carbocycles. The Bertz CT molecular complexity index is 1180. The first kappa shape index (κ1) is 24.3. The summed E-state index contributed by atoms with van der Waals surface area (Å²) < 4.78 is 11.4. The minimum Gasteiger partial charge on any atom is -0.492 e. The van der Waals surface area contributed by atoms with Crippen LogP contribution in [0.15, 0.2) is 39.6 Å². The maximum Gasteiger partial charge on any atom is 0.273 e. The van der Waals surface area contributed by atoms with E-state index in [2.05, 4.69) is 25.8 Å². The second kappa shape index (κ2) is 11.5. The van der Waals surface area contributed by atoms with Crippen LogP contribution in [0.1, 0.15) is 29.2 Å². The highest BCUT2D eigenvalue weighted by atomic mass is 32.2. The van der Waals surface area contributed by atoms with Gasteiger partial charge in [-0.25, -0.2) is 0 Å². The molecule has 3 rings (SSSR count). The van der Waals surface area contributed by atoms with Crippen LogP contribution >= 0.6 is 23.1 Å². The van der Waals surface area contributed by atoms with Crippen molar-refractivity contribution in [1.82, 2.24) is 15.2 Å². The molecule has 33 heavy (non-hydrogen) atoms. The molecule has 0 unspecified atom stereocenters. The largest absolute Gasteiger partial charge is 0.492 e. The summed E-state index contributed by atoms with van der Waals surface area (Å²) in [5.74, 6) is 0.142. The van der Waals surface area contributed by atoms with Crippen LogP contribution < -0.4 is 25.7 Å². The molecule has 0 radical (unpaired) electrons. The third kappa shape index (κ3) is 6.56. The van der Waals surface area contributed by atoms with E-state index >= 15 is 0 Å². The van der Waals surface area contributed by atoms with Crippen molar-refractivity contribution in [2.24, 2.45) is 0 Å². The van der Waals surface area contributed by atoms with Crippen LogP contribution in [0.25, 0.3) is 0 Å². The fourth-order valence-corrected chi connectivity index (χ4v) is 3.88. The van der Waals surface area contributed by atoms with Gasteiger partial charge in [-0.2, -0.15) is 0 Å². The van der Waals surface area contributed by atoms with Crippen molar-refractivity contribution in [2.75, 3.05) is 29.6 Å². The van der Waals surface area contributed by atoms with Crippen molar-refractivity contribution in [2.45, 2.75) is 25.9 Å². The summed E-state index contributed by atoms with van der Waals surface area (Å²) in [6.45, 7) is 5.89. The number of thioether (sulfide) groups is 1. The van der Waals surface area contributed by atoms with E-state index in [9.17, 15) is 14.4 Å². The quantitative estimate of drug-likeness (QED) is 0.369. The Morgan fingerprint density at radius 3 is 2.33 bits per heavy atom. The van der Waals surface area contributed by atoms with Gasteiger partial charge in [-0.3, -0.25) is 19.4 Å². The van der Waals surface area contributed by atoms with E-state index < -0.39 is 0 Å². The summed E-state index contributed by atoms with van der Waals surface area (Å²) in [6.07, 6.45) is 0. The smallest absolute Gasteiger partial charge is 0.273 e. The van der Waals surface area contributed by atoms with Crippen LogP contribution in [0.3, 0.4) is 0 Å². The summed E-state index contributed by atoms with van der Waals surface area (Å²) in [4.78, 5) is 39.8. The first-order chi connectivity index (χ1) is 15.9. The highest BCUT2D eigenvalue weighted by Gasteiger charge is 2.17. The van der Waals surface area contributed by atoms with Gasteiger partial charge in [0.05, 0.1) is 35.2 Å². The molecule has 0 spiro atoms. The molecule has 3 aromatic rings. The number of benzene rings is 1. The molecular weight excluding hydrogens is 466 g/mol. The number of carbonyl (C=O) groups is 2. The number of nitrogens with zero attached hydrogens (tertiary/aromatic N) is 2. The molecule has 0 saturated heterocycles. The zero-order valence-corrected chi connectivity index (χ0v) is 19.9. The molecule has 2 amide bonds. The van der Waals surface area contributed by atoms with Crippen molar-refractivity contribution < 1.29 is 19.1 Å². The van der Waals surface area contributed by atoms with E-state index in [4.69, 9.17) is 9.47 Å². The molecule has 12 heteroatoms. The Hall–Kier alpha value is -3.38. The van der Waals surface area contributed by atoms with Gasteiger partial charge < -0.3 is 20.1 Å². The number of aromatic amines is 1. The van der Waals surface area contributed by atoms with Gasteiger partial charge in [0.15, 0.2) is 5.16 Å². The van der Waals surface area contributed by atoms with Gasteiger partial charge in [-0.05, 0) is 32.2 Å². The highest BCUT2D eigenvalue weighted by Crippen LogP contribution is 2.37. The van der Waals surface area contributed by atoms with Crippen LogP contribution in [-0.2, 0) is 4.79 Å². The predicted molar refractivity (Wildman–Crippen MR) is 128 cm³/mol. The van der Waals surface area contributed by atoms with Gasteiger partial charge in [0.1, 0.15) is 17.2 Å². The predicted octanol–water partition coefficient (Wildman–Crippen LogP) is 3.32. The van der Waals surface area contributed by atoms with E-state index in [1.165, 1.54) is 11.3 Å². The molecule has 174 valence electrons. The molecule has 0 fully saturated rings. The minimum atomic E-state index is -0.354. The first-order valence-corrected chi connectivity index (χ1v) is 11.9. The number of nitrogens with one attached hydrogen (secondary N) is 3. The van der Waals surface area contributed by atoms with Gasteiger partial charge in [-0.1, -0.05) is 17.8 Å². The van der Waals surface area contributed by atoms with Crippen LogP contribution in [0.2, 0.25) is 0 Å². The Morgan fingerprint density at radius 2 is 1.76 bits per heavy atom. The van der Waals surface area contributed by atoms with E-state index in [1.54, 1.807) is 31.2 Å². The minimum absolute atomic E-state index is 0.0138. The SMILES string of the molecule is CCOc1cc(NC(=O)c2cccs2)c(OCC)cc1NC(=O)CSc1nnc(C)c(=O)[nH]1. The molecule has 1 aromatic carbocycles. The van der Waals surface area contributed by atoms with E-state index in [0.29, 0.717) is 41.0 Å². The number of hydrogen-bond donors (Lipinski definition) is 3. The molecular formula is C21H23N5O5S2. The number of aryl methyl sites for hydroxylation is 1. The van der Waals surface area contributed by atoms with Gasteiger partial charge in [0.25, 0.3) is 11.5 Å². The number of carbonyl (C=O) groups excluding carboxylic acids is 2. The number of anilines is 2. The maximum atomic E-state index is 12.5. The lowest BCUT2D eigenvalue weighted by Gasteiger charge is -2.17. The van der Waals surface area contributed by atoms with Crippen LogP contribution in [0.5, 0.6) is 11.5 Å². The van der Waals surface area contributed by atoms with E-state index in [0.717, 1.165) is 11.8 Å². The van der Waals surface area contributed by atoms with Crippen molar-refractivity contribution >= 4 is 46.3 Å². The topological polar surface area (TPSA) is 135 Å². The number of rotatable bonds is 10. The Morgan fingerprint density at radius 1 is 1.09 bits per heavy atom. The zero-order chi connectivity index (χ0) is 23.8. The third-order valence-corrected chi connectivity index (χ3v) is 5.86. The summed E-state index contributed by atoms with van der Waals surface area (Å²) in [7, 11) is 0. The number of amides is 2. The number of ether oxygens (including phenoxy) is 2. The molecule has 2 aromatic heterocycles. The molecule has 0 saturated carbocycles. The lowest BCUT2D eigenvalue weighted by atomic mass is 10.2. The molecule has 3 N–H and O–H groups in total. The van der Waals surface area contributed by atoms with Gasteiger partial charge in [-0.15, -0.1) is 21.5 Å². The molecule has 2 heterocycles. The maximum absolute atomic E-state index is 12.5. The fraction of sp³-hybridized carbons (Fsp3) is 0.286. The third-order valence-electron chi connectivity index (χ3n) is 4.13. The molecule has 0 bridgehead atoms. The van der Waals surface area contributed by atoms with Crippen LogP contribution in [-0.4, -0.2) is 46.0 Å². The standard InChI is InChI=1S/C21H23N5O5S2/c1-4-30-15-10-14(23-20(29)17-7-6-8-32-17)16(31-5-2)9-13(15)22-18(27)11-33-21-24-19(28)12(3)25-26-21/h6-10H,4-5,11H2,1-3H3,(H,22,27)(H,23,29)(H,24,26,28). The molecule has 0 atom stereocenters. The highest BCUT2D eigenvalue weighted by molar-refractivity contribution is 7.99. The van der Waals surface area contributed by atoms with Crippen molar-refractivity contribution in [3.63, 3.8) is 0 Å². The number of H-pyrrole nitrogens is 1. The normalized spacial score (nSPS) is 10.5. The van der Waals surface area contributed by atoms with Crippen LogP contribution in [0, 0.1) is 6.92 Å². The lowest BCUT2D eigenvalue weighted by molar-refractivity contribution is -0.113. The van der Waals surface area contributed by atoms with Crippen molar-refractivity contribution in [3.05, 3.63) is 50.6 Å². The summed E-state index contributed by atoms with van der Waals surface area (Å²) in [5, 5.41) is 15.3. The average Bonchev–Trinajstić information content (AvgIpc) is 3.33. The second-order valence-corrected chi connectivity index (χ2v) is 8.44. The Kier molecular flexibility index (Phi) is 8.44. The average molecular weight is 490 g/mol. The van der Waals surface area contributed by atoms with Crippen molar-refractivity contribution in [3.8, 4) is 11.5 Å². The number of aromatic nitrogens is 3. The number of hydrogen-bond acceptors (Lipinski definition) is 9. The van der Waals surface area contributed by atoms with E-state index in [1.807, 2.05) is 19.2 Å². The van der Waals surface area contributed by atoms with Gasteiger partial charge in [0, 0.05) is 12.1 Å². The van der Waals surface area contributed by atoms with E-state index in [-0.39, 0.29) is 34.0 Å². The Labute approximate surface area is 198 Å². The zero-order valence-electron chi connectivity index (χ0n) is 18.3. The summed E-state index contributed by atoms with van der Waals surface area (Å²) in [6, 6.07) is 6.74.